The second kappa shape index (κ2) is 3.98. The lowest BCUT2D eigenvalue weighted by atomic mass is 10.7. The lowest BCUT2D eigenvalue weighted by Crippen LogP contribution is -2.14. The molecule has 0 rings (SSSR count). The fourth-order valence-corrected chi connectivity index (χ4v) is 0.391. The molecule has 1 unspecified atom stereocenters. The third-order valence-corrected chi connectivity index (χ3v) is 0.765. The van der Waals surface area contributed by atoms with Gasteiger partial charge in [0.05, 0.1) is 0 Å². The summed E-state index contributed by atoms with van der Waals surface area (Å²) in [6.45, 7) is 3.69. The molecule has 3 nitrogen and oxygen atoms in total. The molecule has 7 heavy (non-hydrogen) atoms. The lowest BCUT2D eigenvalue weighted by Gasteiger charge is -1.87. The van der Waals surface area contributed by atoms with Crippen LogP contribution < -0.4 is 4.72 Å². The molecule has 0 amide bonds. The maximum absolute atomic E-state index is 9.71. The summed E-state index contributed by atoms with van der Waals surface area (Å²) in [7, 11) is 0. The highest BCUT2D eigenvalue weighted by Gasteiger charge is 1.81. The molecule has 0 aromatic heterocycles. The molecule has 0 aliphatic carbocycles. The molecule has 0 radical (unpaired) electrons. The van der Waals surface area contributed by atoms with Crippen LogP contribution in [0.1, 0.15) is 0 Å². The van der Waals surface area contributed by atoms with Crippen LogP contribution in [0.4, 0.5) is 0 Å². The van der Waals surface area contributed by atoms with Crippen LogP contribution in [0.5, 0.6) is 0 Å². The highest BCUT2D eigenvalue weighted by atomic mass is 32.2. The van der Waals surface area contributed by atoms with Crippen molar-refractivity contribution in [1.29, 1.82) is 0 Å². The molecular formula is C3H7NO2S. The van der Waals surface area contributed by atoms with Gasteiger partial charge in [0.25, 0.3) is 0 Å². The Kier molecular flexibility index (Phi) is 3.87. The van der Waals surface area contributed by atoms with Crippen LogP contribution in [0.25, 0.3) is 0 Å². The van der Waals surface area contributed by atoms with Gasteiger partial charge < -0.3 is 0 Å². The van der Waals surface area contributed by atoms with E-state index < -0.39 is 11.3 Å². The summed E-state index contributed by atoms with van der Waals surface area (Å²) in [6.07, 6.45) is 1.51. The smallest absolute Gasteiger partial charge is 0.232 e. The topological polar surface area (TPSA) is 49.3 Å². The van der Waals surface area contributed by atoms with Crippen molar-refractivity contribution in [3.8, 4) is 0 Å². The van der Waals surface area contributed by atoms with E-state index in [4.69, 9.17) is 4.55 Å². The largest absolute Gasteiger partial charge is 0.294 e. The van der Waals surface area contributed by atoms with Crippen LogP contribution >= 0.6 is 0 Å². The monoisotopic (exact) mass is 121 g/mol. The Morgan fingerprint density at radius 3 is 2.71 bits per heavy atom. The van der Waals surface area contributed by atoms with E-state index in [1.54, 1.807) is 0 Å². The Bertz CT molecular complexity index is 83.0. The predicted octanol–water partition coefficient (Wildman–Crippen LogP) is -0.101. The van der Waals surface area contributed by atoms with E-state index >= 15 is 0 Å². The molecule has 0 aromatic carbocycles. The van der Waals surface area contributed by atoms with Crippen LogP contribution in [0.3, 0.4) is 0 Å². The Morgan fingerprint density at radius 2 is 2.57 bits per heavy atom. The van der Waals surface area contributed by atoms with Crippen molar-refractivity contribution < 1.29 is 8.76 Å². The quantitative estimate of drug-likeness (QED) is 0.404. The SMILES string of the molecule is C=CCNS(=O)O. The van der Waals surface area contributed by atoms with Gasteiger partial charge in [-0.15, -0.1) is 6.58 Å². The van der Waals surface area contributed by atoms with Gasteiger partial charge in [-0.25, -0.2) is 8.93 Å². The summed E-state index contributed by atoms with van der Waals surface area (Å²) < 4.78 is 19.9. The molecule has 0 saturated heterocycles. The standard InChI is InChI=1S/C3H7NO2S/c1-2-3-4-7(5)6/h2,4H,1,3H2,(H,5,6). The van der Waals surface area contributed by atoms with Gasteiger partial charge in [-0.05, 0) is 0 Å². The van der Waals surface area contributed by atoms with Crippen molar-refractivity contribution in [2.45, 2.75) is 0 Å². The molecule has 0 spiro atoms. The van der Waals surface area contributed by atoms with Crippen LogP contribution in [-0.2, 0) is 11.3 Å². The molecule has 1 atom stereocenters. The third kappa shape index (κ3) is 5.81. The molecular weight excluding hydrogens is 114 g/mol. The number of rotatable bonds is 3. The van der Waals surface area contributed by atoms with Crippen LogP contribution in [0.2, 0.25) is 0 Å². The van der Waals surface area contributed by atoms with Gasteiger partial charge in [0.1, 0.15) is 0 Å². The molecule has 0 saturated carbocycles. The summed E-state index contributed by atoms with van der Waals surface area (Å²) in [5, 5.41) is 0. The molecule has 0 heterocycles. The average Bonchev–Trinajstić information content (AvgIpc) is 1.61. The maximum Gasteiger partial charge on any atom is 0.232 e. The zero-order valence-corrected chi connectivity index (χ0v) is 4.57. The van der Waals surface area contributed by atoms with E-state index in [0.717, 1.165) is 0 Å². The first kappa shape index (κ1) is 6.81. The minimum absolute atomic E-state index is 0.364. The van der Waals surface area contributed by atoms with E-state index in [0.29, 0.717) is 6.54 Å². The van der Waals surface area contributed by atoms with Crippen LogP contribution in [0.15, 0.2) is 12.7 Å². The van der Waals surface area contributed by atoms with Crippen molar-refractivity contribution >= 4 is 11.3 Å². The van der Waals surface area contributed by atoms with E-state index in [9.17, 15) is 4.21 Å². The van der Waals surface area contributed by atoms with Gasteiger partial charge in [-0.2, -0.15) is 0 Å². The summed E-state index contributed by atoms with van der Waals surface area (Å²) >= 11 is -1.89. The average molecular weight is 121 g/mol. The Hall–Kier alpha value is -0.190. The second-order valence-corrected chi connectivity index (χ2v) is 1.67. The highest BCUT2D eigenvalue weighted by Crippen LogP contribution is 1.61. The minimum atomic E-state index is -1.89. The van der Waals surface area contributed by atoms with Crippen molar-refractivity contribution in [2.75, 3.05) is 6.54 Å². The second-order valence-electron chi connectivity index (χ2n) is 0.886. The fraction of sp³-hybridized carbons (Fsp3) is 0.333. The Morgan fingerprint density at radius 1 is 2.00 bits per heavy atom. The molecule has 42 valence electrons. The summed E-state index contributed by atoms with van der Waals surface area (Å²) in [4.78, 5) is 0. The summed E-state index contributed by atoms with van der Waals surface area (Å²) in [5.74, 6) is 0. The Labute approximate surface area is 44.8 Å². The van der Waals surface area contributed by atoms with Gasteiger partial charge in [0, 0.05) is 6.54 Å². The molecule has 2 N–H and O–H groups in total. The first-order valence-electron chi connectivity index (χ1n) is 1.72. The predicted molar refractivity (Wildman–Crippen MR) is 29.0 cm³/mol. The number of hydrogen-bond donors (Lipinski definition) is 2. The van der Waals surface area contributed by atoms with E-state index in [-0.39, 0.29) is 0 Å². The van der Waals surface area contributed by atoms with E-state index in [2.05, 4.69) is 11.3 Å². The van der Waals surface area contributed by atoms with Gasteiger partial charge >= 0.3 is 0 Å². The first-order chi connectivity index (χ1) is 3.27. The first-order valence-corrected chi connectivity index (χ1v) is 2.83. The van der Waals surface area contributed by atoms with Gasteiger partial charge in [0.15, 0.2) is 0 Å². The van der Waals surface area contributed by atoms with E-state index in [1.165, 1.54) is 6.08 Å². The molecule has 0 fully saturated rings. The minimum Gasteiger partial charge on any atom is -0.294 e. The molecule has 0 bridgehead atoms. The summed E-state index contributed by atoms with van der Waals surface area (Å²) in [6, 6.07) is 0. The molecule has 4 heteroatoms. The van der Waals surface area contributed by atoms with E-state index in [1.807, 2.05) is 0 Å². The molecule has 0 aromatic rings. The van der Waals surface area contributed by atoms with Crippen molar-refractivity contribution in [3.05, 3.63) is 12.7 Å². The van der Waals surface area contributed by atoms with Crippen LogP contribution in [-0.4, -0.2) is 15.3 Å². The number of nitrogens with one attached hydrogen (secondary N) is 1. The third-order valence-electron chi connectivity index (χ3n) is 0.351. The summed E-state index contributed by atoms with van der Waals surface area (Å²) in [5.41, 5.74) is 0. The lowest BCUT2D eigenvalue weighted by molar-refractivity contribution is 0.553. The maximum atomic E-state index is 9.71. The Balaban J connectivity index is 2.97. The van der Waals surface area contributed by atoms with Gasteiger partial charge in [-0.1, -0.05) is 6.08 Å². The van der Waals surface area contributed by atoms with Gasteiger partial charge in [0.2, 0.25) is 11.3 Å². The highest BCUT2D eigenvalue weighted by molar-refractivity contribution is 7.77. The zero-order valence-electron chi connectivity index (χ0n) is 3.76. The van der Waals surface area contributed by atoms with Gasteiger partial charge in [-0.3, -0.25) is 4.55 Å². The fourth-order valence-electron chi connectivity index (χ4n) is 0.130. The number of hydrogen-bond acceptors (Lipinski definition) is 1. The van der Waals surface area contributed by atoms with Crippen molar-refractivity contribution in [3.63, 3.8) is 0 Å². The van der Waals surface area contributed by atoms with Crippen LogP contribution in [0, 0.1) is 0 Å². The zero-order chi connectivity index (χ0) is 5.70. The molecule has 0 aliphatic heterocycles. The molecule has 0 aliphatic rings. The van der Waals surface area contributed by atoms with Crippen molar-refractivity contribution in [1.82, 2.24) is 4.72 Å². The van der Waals surface area contributed by atoms with Crippen molar-refractivity contribution in [2.24, 2.45) is 0 Å². The normalized spacial score (nSPS) is 13.3.